The first kappa shape index (κ1) is 9.17. The van der Waals surface area contributed by atoms with Crippen LogP contribution in [0.3, 0.4) is 0 Å². The summed E-state index contributed by atoms with van der Waals surface area (Å²) < 4.78 is 0. The number of hydrogen-bond acceptors (Lipinski definition) is 2. The first-order valence-corrected chi connectivity index (χ1v) is 4.28. The fourth-order valence-corrected chi connectivity index (χ4v) is 1.79. The molecule has 0 unspecified atom stereocenters. The Balaban J connectivity index is 2.71. The summed E-state index contributed by atoms with van der Waals surface area (Å²) in [6, 6.07) is 0. The molecular weight excluding hydrogens is 152 g/mol. The van der Waals surface area contributed by atoms with Crippen molar-refractivity contribution in [3.05, 3.63) is 11.6 Å². The highest BCUT2D eigenvalue weighted by atomic mass is 16.1. The van der Waals surface area contributed by atoms with Crippen LogP contribution in [0.15, 0.2) is 11.6 Å². The number of hydrogen-bond donors (Lipinski definition) is 0. The lowest BCUT2D eigenvalue weighted by Gasteiger charge is -2.18. The molecule has 0 aromatic heterocycles. The second-order valence-electron chi connectivity index (χ2n) is 3.50. The summed E-state index contributed by atoms with van der Waals surface area (Å²) in [5, 5.41) is 0. The van der Waals surface area contributed by atoms with Crippen LogP contribution in [0.2, 0.25) is 0 Å². The van der Waals surface area contributed by atoms with E-state index in [1.807, 2.05) is 13.8 Å². The first-order chi connectivity index (χ1) is 5.70. The van der Waals surface area contributed by atoms with Gasteiger partial charge in [0.2, 0.25) is 0 Å². The van der Waals surface area contributed by atoms with Crippen LogP contribution in [0.25, 0.3) is 0 Å². The van der Waals surface area contributed by atoms with E-state index in [-0.39, 0.29) is 17.8 Å². The zero-order valence-corrected chi connectivity index (χ0v) is 7.49. The zero-order valence-electron chi connectivity index (χ0n) is 7.49. The van der Waals surface area contributed by atoms with Crippen LogP contribution in [0.1, 0.15) is 20.3 Å². The van der Waals surface area contributed by atoms with E-state index in [1.165, 1.54) is 0 Å². The van der Waals surface area contributed by atoms with Gasteiger partial charge in [0.1, 0.15) is 12.6 Å². The predicted octanol–water partition coefficient (Wildman–Crippen LogP) is 1.60. The molecule has 1 aliphatic rings. The summed E-state index contributed by atoms with van der Waals surface area (Å²) in [7, 11) is 0. The molecule has 0 heterocycles. The fourth-order valence-electron chi connectivity index (χ4n) is 1.79. The van der Waals surface area contributed by atoms with Crippen LogP contribution in [0.4, 0.5) is 0 Å². The third-order valence-corrected chi connectivity index (χ3v) is 2.74. The third-order valence-electron chi connectivity index (χ3n) is 2.74. The number of allylic oxidation sites excluding steroid dienone is 2. The Labute approximate surface area is 72.7 Å². The van der Waals surface area contributed by atoms with E-state index in [1.54, 1.807) is 0 Å². The Hall–Kier alpha value is -0.920. The van der Waals surface area contributed by atoms with Gasteiger partial charge in [0.05, 0.1) is 0 Å². The predicted molar refractivity (Wildman–Crippen MR) is 46.6 cm³/mol. The zero-order chi connectivity index (χ0) is 9.14. The Morgan fingerprint density at radius 1 is 1.58 bits per heavy atom. The normalized spacial score (nSPS) is 31.0. The van der Waals surface area contributed by atoms with Gasteiger partial charge >= 0.3 is 0 Å². The van der Waals surface area contributed by atoms with Crippen molar-refractivity contribution in [3.8, 4) is 0 Å². The van der Waals surface area contributed by atoms with Gasteiger partial charge in [0, 0.05) is 11.8 Å². The van der Waals surface area contributed by atoms with E-state index in [0.29, 0.717) is 0 Å². The lowest BCUT2D eigenvalue weighted by Crippen LogP contribution is -2.20. The standard InChI is InChI=1S/C10H14O2/c1-7-3-4-9(8(2)5-11)10(7)6-12/h3,5-6,8-10H,4H2,1-2H3/t8-,9+,10+/m1/s1. The Morgan fingerprint density at radius 3 is 2.75 bits per heavy atom. The highest BCUT2D eigenvalue weighted by Crippen LogP contribution is 2.34. The average molecular weight is 166 g/mol. The van der Waals surface area contributed by atoms with E-state index < -0.39 is 0 Å². The number of carbonyl (C=O) groups excluding carboxylic acids is 2. The maximum absolute atomic E-state index is 10.7. The lowest BCUT2D eigenvalue weighted by atomic mass is 9.84. The monoisotopic (exact) mass is 166 g/mol. The van der Waals surface area contributed by atoms with E-state index in [2.05, 4.69) is 6.08 Å². The minimum atomic E-state index is -0.0230. The van der Waals surface area contributed by atoms with Crippen molar-refractivity contribution in [1.82, 2.24) is 0 Å². The van der Waals surface area contributed by atoms with Crippen LogP contribution in [0.5, 0.6) is 0 Å². The molecule has 0 saturated heterocycles. The SMILES string of the molecule is CC1=CC[C@@H]([C@H](C)C=O)[C@H]1C=O. The van der Waals surface area contributed by atoms with Crippen LogP contribution in [-0.2, 0) is 9.59 Å². The van der Waals surface area contributed by atoms with Crippen molar-refractivity contribution in [3.63, 3.8) is 0 Å². The van der Waals surface area contributed by atoms with Gasteiger partial charge in [-0.05, 0) is 19.3 Å². The van der Waals surface area contributed by atoms with Crippen molar-refractivity contribution in [1.29, 1.82) is 0 Å². The van der Waals surface area contributed by atoms with Gasteiger partial charge in [0.25, 0.3) is 0 Å². The van der Waals surface area contributed by atoms with E-state index in [4.69, 9.17) is 0 Å². The second kappa shape index (κ2) is 3.65. The Bertz CT molecular complexity index is 218. The van der Waals surface area contributed by atoms with Gasteiger partial charge in [-0.25, -0.2) is 0 Å². The lowest BCUT2D eigenvalue weighted by molar-refractivity contribution is -0.114. The second-order valence-corrected chi connectivity index (χ2v) is 3.50. The van der Waals surface area contributed by atoms with Crippen molar-refractivity contribution in [2.24, 2.45) is 17.8 Å². The maximum atomic E-state index is 10.7. The summed E-state index contributed by atoms with van der Waals surface area (Å²) in [4.78, 5) is 21.2. The summed E-state index contributed by atoms with van der Waals surface area (Å²) >= 11 is 0. The maximum Gasteiger partial charge on any atom is 0.127 e. The highest BCUT2D eigenvalue weighted by molar-refractivity contribution is 5.63. The molecule has 0 amide bonds. The van der Waals surface area contributed by atoms with Crippen LogP contribution >= 0.6 is 0 Å². The quantitative estimate of drug-likeness (QED) is 0.471. The average Bonchev–Trinajstić information content (AvgIpc) is 2.45. The van der Waals surface area contributed by atoms with Gasteiger partial charge in [-0.15, -0.1) is 0 Å². The van der Waals surface area contributed by atoms with Gasteiger partial charge < -0.3 is 9.59 Å². The summed E-state index contributed by atoms with van der Waals surface area (Å²) in [5.74, 6) is 0.180. The summed E-state index contributed by atoms with van der Waals surface area (Å²) in [5.41, 5.74) is 1.11. The van der Waals surface area contributed by atoms with Crippen LogP contribution in [-0.4, -0.2) is 12.6 Å². The molecule has 66 valence electrons. The number of aldehydes is 2. The molecule has 0 aliphatic heterocycles. The van der Waals surface area contributed by atoms with E-state index in [0.717, 1.165) is 24.6 Å². The molecule has 0 N–H and O–H groups in total. The smallest absolute Gasteiger partial charge is 0.127 e. The third kappa shape index (κ3) is 1.47. The Morgan fingerprint density at radius 2 is 2.25 bits per heavy atom. The molecule has 1 aliphatic carbocycles. The molecule has 0 bridgehead atoms. The summed E-state index contributed by atoms with van der Waals surface area (Å²) in [6.45, 7) is 3.83. The van der Waals surface area contributed by atoms with E-state index >= 15 is 0 Å². The van der Waals surface area contributed by atoms with Crippen molar-refractivity contribution < 1.29 is 9.59 Å². The van der Waals surface area contributed by atoms with Crippen LogP contribution in [0, 0.1) is 17.8 Å². The summed E-state index contributed by atoms with van der Waals surface area (Å²) in [6.07, 6.45) is 4.83. The van der Waals surface area contributed by atoms with E-state index in [9.17, 15) is 9.59 Å². The molecule has 2 heteroatoms. The molecule has 3 atom stereocenters. The molecule has 1 rings (SSSR count). The number of rotatable bonds is 3. The molecule has 0 aromatic carbocycles. The molecular formula is C10H14O2. The van der Waals surface area contributed by atoms with Crippen molar-refractivity contribution >= 4 is 12.6 Å². The van der Waals surface area contributed by atoms with Gasteiger partial charge in [-0.3, -0.25) is 0 Å². The van der Waals surface area contributed by atoms with Gasteiger partial charge in [-0.2, -0.15) is 0 Å². The molecule has 0 fully saturated rings. The number of carbonyl (C=O) groups is 2. The fraction of sp³-hybridized carbons (Fsp3) is 0.600. The molecule has 12 heavy (non-hydrogen) atoms. The topological polar surface area (TPSA) is 34.1 Å². The van der Waals surface area contributed by atoms with Gasteiger partial charge in [0.15, 0.2) is 0 Å². The van der Waals surface area contributed by atoms with Crippen LogP contribution < -0.4 is 0 Å². The first-order valence-electron chi connectivity index (χ1n) is 4.28. The van der Waals surface area contributed by atoms with Crippen molar-refractivity contribution in [2.75, 3.05) is 0 Å². The molecule has 0 spiro atoms. The largest absolute Gasteiger partial charge is 0.303 e. The van der Waals surface area contributed by atoms with Gasteiger partial charge in [-0.1, -0.05) is 18.6 Å². The molecule has 0 aromatic rings. The molecule has 0 saturated carbocycles. The van der Waals surface area contributed by atoms with Crippen molar-refractivity contribution in [2.45, 2.75) is 20.3 Å². The Kier molecular flexibility index (Phi) is 2.79. The minimum absolute atomic E-state index is 0.00565. The minimum Gasteiger partial charge on any atom is -0.303 e. The molecule has 0 radical (unpaired) electrons. The molecule has 2 nitrogen and oxygen atoms in total. The highest BCUT2D eigenvalue weighted by Gasteiger charge is 2.30.